The fraction of sp³-hybridized carbons (Fsp3) is 0.208. The van der Waals surface area contributed by atoms with E-state index in [1.54, 1.807) is 24.9 Å². The Morgan fingerprint density at radius 1 is 0.966 bits per heavy atom. The molecule has 1 atom stereocenters. The summed E-state index contributed by atoms with van der Waals surface area (Å²) in [7, 11) is 1.60. The van der Waals surface area contributed by atoms with Crippen molar-refractivity contribution in [3.8, 4) is 11.5 Å². The molecule has 0 heterocycles. The molecule has 0 radical (unpaired) electrons. The number of carbonyl (C=O) groups excluding carboxylic acids is 1. The highest BCUT2D eigenvalue weighted by atomic mass is 32.2. The Morgan fingerprint density at radius 2 is 1.69 bits per heavy atom. The summed E-state index contributed by atoms with van der Waals surface area (Å²) in [6, 6.07) is 25.5. The summed E-state index contributed by atoms with van der Waals surface area (Å²) in [6.45, 7) is 1.92. The fourth-order valence-electron chi connectivity index (χ4n) is 2.75. The molecule has 1 N–H and O–H groups in total. The molecule has 0 aromatic heterocycles. The predicted molar refractivity (Wildman–Crippen MR) is 119 cm³/mol. The normalized spacial score (nSPS) is 11.5. The maximum absolute atomic E-state index is 12.6. The van der Waals surface area contributed by atoms with Crippen LogP contribution in [0.1, 0.15) is 18.9 Å². The van der Waals surface area contributed by atoms with Crippen LogP contribution < -0.4 is 14.8 Å². The number of carbonyl (C=O) groups is 1. The maximum atomic E-state index is 12.6. The lowest BCUT2D eigenvalue weighted by Gasteiger charge is -2.18. The predicted octanol–water partition coefficient (Wildman–Crippen LogP) is 5.78. The van der Waals surface area contributed by atoms with E-state index in [1.807, 2.05) is 67.6 Å². The van der Waals surface area contributed by atoms with Gasteiger partial charge in [0.05, 0.1) is 7.11 Å². The molecule has 0 saturated carbocycles. The van der Waals surface area contributed by atoms with Gasteiger partial charge in [-0.2, -0.15) is 0 Å². The van der Waals surface area contributed by atoms with Gasteiger partial charge in [0, 0.05) is 22.4 Å². The molecule has 3 aromatic carbocycles. The first-order valence-corrected chi connectivity index (χ1v) is 10.5. The van der Waals surface area contributed by atoms with Crippen LogP contribution in [0.15, 0.2) is 83.8 Å². The number of anilines is 1. The van der Waals surface area contributed by atoms with Crippen LogP contribution in [0.5, 0.6) is 11.5 Å². The van der Waals surface area contributed by atoms with Crippen LogP contribution in [0.2, 0.25) is 0 Å². The number of hydrogen-bond donors (Lipinski definition) is 1. The Kier molecular flexibility index (Phi) is 7.59. The number of thioether (sulfide) groups is 1. The topological polar surface area (TPSA) is 47.6 Å². The van der Waals surface area contributed by atoms with Crippen molar-refractivity contribution in [1.29, 1.82) is 0 Å². The second-order valence-electron chi connectivity index (χ2n) is 6.48. The van der Waals surface area contributed by atoms with Crippen molar-refractivity contribution in [3.63, 3.8) is 0 Å². The Morgan fingerprint density at radius 3 is 2.38 bits per heavy atom. The third-order valence-corrected chi connectivity index (χ3v) is 5.44. The summed E-state index contributed by atoms with van der Waals surface area (Å²) < 4.78 is 11.1. The minimum atomic E-state index is -0.574. The Balaban J connectivity index is 1.55. The molecule has 0 fully saturated rings. The number of hydrogen-bond acceptors (Lipinski definition) is 4. The number of rotatable bonds is 9. The van der Waals surface area contributed by atoms with Gasteiger partial charge < -0.3 is 14.8 Å². The Hall–Kier alpha value is -2.92. The molecule has 4 nitrogen and oxygen atoms in total. The minimum absolute atomic E-state index is 0.165. The zero-order valence-corrected chi connectivity index (χ0v) is 17.4. The van der Waals surface area contributed by atoms with Crippen molar-refractivity contribution in [2.75, 3.05) is 12.4 Å². The molecule has 150 valence electrons. The molecule has 3 rings (SSSR count). The molecule has 0 saturated heterocycles. The van der Waals surface area contributed by atoms with Gasteiger partial charge in [0.2, 0.25) is 0 Å². The molecule has 0 aliphatic rings. The maximum Gasteiger partial charge on any atom is 0.265 e. The van der Waals surface area contributed by atoms with Crippen LogP contribution in [-0.4, -0.2) is 19.1 Å². The van der Waals surface area contributed by atoms with Crippen molar-refractivity contribution < 1.29 is 14.3 Å². The first kappa shape index (κ1) is 20.8. The van der Waals surface area contributed by atoms with Crippen LogP contribution >= 0.6 is 11.8 Å². The molecule has 0 bridgehead atoms. The zero-order chi connectivity index (χ0) is 20.5. The minimum Gasteiger partial charge on any atom is -0.497 e. The lowest BCUT2D eigenvalue weighted by Crippen LogP contribution is -2.32. The number of methoxy groups -OCH3 is 1. The highest BCUT2D eigenvalue weighted by molar-refractivity contribution is 7.98. The van der Waals surface area contributed by atoms with Crippen LogP contribution in [0.4, 0.5) is 5.69 Å². The number of benzene rings is 3. The number of ether oxygens (including phenoxy) is 2. The molecule has 5 heteroatoms. The smallest absolute Gasteiger partial charge is 0.265 e. The highest BCUT2D eigenvalue weighted by Crippen LogP contribution is 2.24. The Bertz CT molecular complexity index is 913. The first-order valence-electron chi connectivity index (χ1n) is 9.56. The molecule has 0 aliphatic heterocycles. The van der Waals surface area contributed by atoms with Gasteiger partial charge in [-0.3, -0.25) is 4.79 Å². The molecule has 3 aromatic rings. The van der Waals surface area contributed by atoms with Crippen molar-refractivity contribution in [1.82, 2.24) is 0 Å². The van der Waals surface area contributed by atoms with E-state index in [0.29, 0.717) is 17.9 Å². The average Bonchev–Trinajstić information content (AvgIpc) is 2.77. The molecular formula is C24H25NO3S. The van der Waals surface area contributed by atoms with Gasteiger partial charge in [-0.05, 0) is 48.4 Å². The quantitative estimate of drug-likeness (QED) is 0.457. The molecule has 1 amide bonds. The van der Waals surface area contributed by atoms with E-state index in [1.165, 1.54) is 10.5 Å². The van der Waals surface area contributed by atoms with Gasteiger partial charge in [-0.15, -0.1) is 11.8 Å². The second-order valence-corrected chi connectivity index (χ2v) is 7.53. The van der Waals surface area contributed by atoms with Gasteiger partial charge in [-0.1, -0.05) is 43.3 Å². The van der Waals surface area contributed by atoms with Gasteiger partial charge in [-0.25, -0.2) is 0 Å². The van der Waals surface area contributed by atoms with E-state index in [2.05, 4.69) is 17.4 Å². The van der Waals surface area contributed by atoms with E-state index < -0.39 is 6.10 Å². The van der Waals surface area contributed by atoms with Crippen LogP contribution in [0.25, 0.3) is 0 Å². The average molecular weight is 408 g/mol. The van der Waals surface area contributed by atoms with E-state index in [0.717, 1.165) is 11.4 Å². The van der Waals surface area contributed by atoms with Gasteiger partial charge in [0.25, 0.3) is 5.91 Å². The molecular weight excluding hydrogens is 382 g/mol. The fourth-order valence-corrected chi connectivity index (χ4v) is 3.63. The van der Waals surface area contributed by atoms with Crippen molar-refractivity contribution in [3.05, 3.63) is 84.4 Å². The molecule has 0 spiro atoms. The zero-order valence-electron chi connectivity index (χ0n) is 16.6. The molecule has 0 aliphatic carbocycles. The summed E-state index contributed by atoms with van der Waals surface area (Å²) >= 11 is 1.79. The van der Waals surface area contributed by atoms with E-state index in [-0.39, 0.29) is 5.91 Å². The van der Waals surface area contributed by atoms with Crippen molar-refractivity contribution >= 4 is 23.4 Å². The van der Waals surface area contributed by atoms with Crippen molar-refractivity contribution in [2.45, 2.75) is 30.1 Å². The lowest BCUT2D eigenvalue weighted by atomic mass is 10.2. The first-order chi connectivity index (χ1) is 14.2. The number of nitrogens with one attached hydrogen (secondary N) is 1. The van der Waals surface area contributed by atoms with Crippen molar-refractivity contribution in [2.24, 2.45) is 0 Å². The second kappa shape index (κ2) is 10.6. The molecule has 0 unspecified atom stereocenters. The van der Waals surface area contributed by atoms with Crippen LogP contribution in [-0.2, 0) is 10.5 Å². The van der Waals surface area contributed by atoms with Crippen LogP contribution in [0, 0.1) is 0 Å². The van der Waals surface area contributed by atoms with Gasteiger partial charge in [0.15, 0.2) is 6.10 Å². The summed E-state index contributed by atoms with van der Waals surface area (Å²) in [5, 5.41) is 2.94. The lowest BCUT2D eigenvalue weighted by molar-refractivity contribution is -0.122. The summed E-state index contributed by atoms with van der Waals surface area (Å²) in [6.07, 6.45) is -0.00936. The largest absolute Gasteiger partial charge is 0.497 e. The van der Waals surface area contributed by atoms with Gasteiger partial charge >= 0.3 is 0 Å². The van der Waals surface area contributed by atoms with Crippen LogP contribution in [0.3, 0.4) is 0 Å². The Labute approximate surface area is 176 Å². The summed E-state index contributed by atoms with van der Waals surface area (Å²) in [4.78, 5) is 13.9. The standard InChI is InChI=1S/C24H25NO3S/c1-3-23(28-21-9-7-8-20(16-21)27-2)24(26)25-19-14-12-18(13-15-19)17-29-22-10-5-4-6-11-22/h4-16,23H,3,17H2,1-2H3,(H,25,26)/t23-/m1/s1. The number of amides is 1. The third kappa shape index (κ3) is 6.29. The summed E-state index contributed by atoms with van der Waals surface area (Å²) in [5.74, 6) is 2.03. The van der Waals surface area contributed by atoms with Gasteiger partial charge in [0.1, 0.15) is 11.5 Å². The SMILES string of the molecule is CC[C@@H](Oc1cccc(OC)c1)C(=O)Nc1ccc(CSc2ccccc2)cc1. The highest BCUT2D eigenvalue weighted by Gasteiger charge is 2.18. The molecule has 29 heavy (non-hydrogen) atoms. The van der Waals surface area contributed by atoms with E-state index in [9.17, 15) is 4.79 Å². The third-order valence-electron chi connectivity index (χ3n) is 4.35. The van der Waals surface area contributed by atoms with E-state index >= 15 is 0 Å². The van der Waals surface area contributed by atoms with E-state index in [4.69, 9.17) is 9.47 Å². The monoisotopic (exact) mass is 407 g/mol. The summed E-state index contributed by atoms with van der Waals surface area (Å²) in [5.41, 5.74) is 1.97.